The lowest BCUT2D eigenvalue weighted by Crippen LogP contribution is -2.31. The highest BCUT2D eigenvalue weighted by atomic mass is 32.2. The van der Waals surface area contributed by atoms with Crippen molar-refractivity contribution in [3.63, 3.8) is 0 Å². The molecule has 2 rings (SSSR count). The van der Waals surface area contributed by atoms with E-state index in [1.807, 2.05) is 0 Å². The highest BCUT2D eigenvalue weighted by Gasteiger charge is 2.28. The van der Waals surface area contributed by atoms with E-state index >= 15 is 0 Å². The normalized spacial score (nSPS) is 22.0. The van der Waals surface area contributed by atoms with E-state index in [1.165, 1.54) is 18.4 Å². The average Bonchev–Trinajstić information content (AvgIpc) is 2.91. The number of hydrogen-bond donors (Lipinski definition) is 2. The monoisotopic (exact) mass is 325 g/mol. The Bertz CT molecular complexity index is 643. The van der Waals surface area contributed by atoms with Gasteiger partial charge in [0.25, 0.3) is 0 Å². The molecule has 1 fully saturated rings. The molecule has 1 aliphatic carbocycles. The van der Waals surface area contributed by atoms with Crippen LogP contribution in [0.3, 0.4) is 0 Å². The van der Waals surface area contributed by atoms with Crippen molar-refractivity contribution < 1.29 is 13.2 Å². The Kier molecular flexibility index (Phi) is 5.20. The lowest BCUT2D eigenvalue weighted by molar-refractivity contribution is -0.125. The summed E-state index contributed by atoms with van der Waals surface area (Å²) < 4.78 is 25.8. The molecule has 1 amide bonds. The zero-order valence-corrected chi connectivity index (χ0v) is 13.8. The maximum atomic E-state index is 12.3. The number of carbonyl (C=O) groups is 1. The third-order valence-corrected chi connectivity index (χ3v) is 5.94. The molecular formula is C15H23N3O3S. The van der Waals surface area contributed by atoms with E-state index in [9.17, 15) is 13.2 Å². The summed E-state index contributed by atoms with van der Waals surface area (Å²) in [5.41, 5.74) is 6.41. The van der Waals surface area contributed by atoms with Crippen LogP contribution in [-0.2, 0) is 21.4 Å². The molecule has 22 heavy (non-hydrogen) atoms. The number of rotatable bonds is 5. The largest absolute Gasteiger partial charge is 0.352 e. The van der Waals surface area contributed by atoms with Crippen molar-refractivity contribution in [2.75, 3.05) is 14.1 Å². The van der Waals surface area contributed by atoms with E-state index in [1.54, 1.807) is 24.3 Å². The number of nitrogens with one attached hydrogen (secondary N) is 1. The lowest BCUT2D eigenvalue weighted by Gasteiger charge is -2.16. The van der Waals surface area contributed by atoms with Gasteiger partial charge in [0.2, 0.25) is 15.9 Å². The summed E-state index contributed by atoms with van der Waals surface area (Å²) in [6.07, 6.45) is 2.36. The first kappa shape index (κ1) is 16.9. The lowest BCUT2D eigenvalue weighted by atomic mass is 10.1. The maximum Gasteiger partial charge on any atom is 0.242 e. The predicted molar refractivity (Wildman–Crippen MR) is 84.5 cm³/mol. The summed E-state index contributed by atoms with van der Waals surface area (Å²) in [7, 11) is -0.540. The van der Waals surface area contributed by atoms with Crippen LogP contribution in [0.2, 0.25) is 0 Å². The molecule has 7 heteroatoms. The average molecular weight is 325 g/mol. The van der Waals surface area contributed by atoms with Gasteiger partial charge in [0.15, 0.2) is 0 Å². The van der Waals surface area contributed by atoms with Crippen LogP contribution < -0.4 is 11.1 Å². The van der Waals surface area contributed by atoms with Crippen molar-refractivity contribution in [3.05, 3.63) is 29.8 Å². The summed E-state index contributed by atoms with van der Waals surface area (Å²) in [5, 5.41) is 2.84. The number of carbonyl (C=O) groups excluding carboxylic acids is 1. The number of nitrogens with zero attached hydrogens (tertiary/aromatic N) is 1. The molecule has 0 spiro atoms. The Balaban J connectivity index is 2.09. The van der Waals surface area contributed by atoms with Crippen LogP contribution in [0.5, 0.6) is 0 Å². The van der Waals surface area contributed by atoms with Crippen molar-refractivity contribution in [1.82, 2.24) is 9.62 Å². The van der Waals surface area contributed by atoms with E-state index in [0.717, 1.165) is 12.8 Å². The number of benzene rings is 1. The molecule has 0 bridgehead atoms. The molecule has 0 aromatic heterocycles. The van der Waals surface area contributed by atoms with Crippen LogP contribution in [0.4, 0.5) is 0 Å². The Hall–Kier alpha value is -1.44. The molecular weight excluding hydrogens is 302 g/mol. The van der Waals surface area contributed by atoms with Crippen LogP contribution in [-0.4, -0.2) is 38.8 Å². The highest BCUT2D eigenvalue weighted by molar-refractivity contribution is 7.89. The van der Waals surface area contributed by atoms with Gasteiger partial charge in [-0.15, -0.1) is 0 Å². The van der Waals surface area contributed by atoms with Crippen molar-refractivity contribution in [1.29, 1.82) is 0 Å². The van der Waals surface area contributed by atoms with Crippen molar-refractivity contribution in [2.24, 2.45) is 11.7 Å². The van der Waals surface area contributed by atoms with Crippen LogP contribution >= 0.6 is 0 Å². The Morgan fingerprint density at radius 3 is 2.59 bits per heavy atom. The van der Waals surface area contributed by atoms with Gasteiger partial charge in [-0.3, -0.25) is 4.79 Å². The number of hydrogen-bond acceptors (Lipinski definition) is 4. The van der Waals surface area contributed by atoms with Crippen LogP contribution in [0.25, 0.3) is 0 Å². The van der Waals surface area contributed by atoms with E-state index < -0.39 is 10.0 Å². The van der Waals surface area contributed by atoms with Gasteiger partial charge < -0.3 is 11.1 Å². The minimum Gasteiger partial charge on any atom is -0.352 e. The zero-order chi connectivity index (χ0) is 16.3. The standard InChI is InChI=1S/C15H23N3O3S/c1-18(2)22(20,21)14-6-4-3-5-12(14)10-17-15(19)11-7-8-13(16)9-11/h3-6,11,13H,7-10,16H2,1-2H3,(H,17,19). The van der Waals surface area contributed by atoms with Crippen LogP contribution in [0.1, 0.15) is 24.8 Å². The molecule has 0 saturated heterocycles. The Morgan fingerprint density at radius 2 is 2.00 bits per heavy atom. The second kappa shape index (κ2) is 6.76. The number of sulfonamides is 1. The third-order valence-electron chi connectivity index (χ3n) is 4.03. The predicted octanol–water partition coefficient (Wildman–Crippen LogP) is 0.681. The van der Waals surface area contributed by atoms with Gasteiger partial charge in [0.1, 0.15) is 0 Å². The second-order valence-electron chi connectivity index (χ2n) is 5.88. The molecule has 0 radical (unpaired) electrons. The van der Waals surface area contributed by atoms with Gasteiger partial charge in [-0.2, -0.15) is 0 Å². The molecule has 1 aromatic rings. The SMILES string of the molecule is CN(C)S(=O)(=O)c1ccccc1CNC(=O)C1CCC(N)C1. The molecule has 2 atom stereocenters. The molecule has 3 N–H and O–H groups in total. The molecule has 1 aromatic carbocycles. The highest BCUT2D eigenvalue weighted by Crippen LogP contribution is 2.24. The summed E-state index contributed by atoms with van der Waals surface area (Å²) in [5.74, 6) is -0.113. The second-order valence-corrected chi connectivity index (χ2v) is 8.00. The number of amides is 1. The summed E-state index contributed by atoms with van der Waals surface area (Å²) >= 11 is 0. The third kappa shape index (κ3) is 3.66. The van der Waals surface area contributed by atoms with Gasteiger partial charge in [-0.1, -0.05) is 18.2 Å². The van der Waals surface area contributed by atoms with Crippen LogP contribution in [0.15, 0.2) is 29.2 Å². The van der Waals surface area contributed by atoms with Gasteiger partial charge in [0.05, 0.1) is 4.90 Å². The first-order chi connectivity index (χ1) is 10.3. The molecule has 0 heterocycles. The molecule has 1 aliphatic rings. The van der Waals surface area contributed by atoms with E-state index in [2.05, 4.69) is 5.32 Å². The quantitative estimate of drug-likeness (QED) is 0.832. The van der Waals surface area contributed by atoms with Crippen LogP contribution in [0, 0.1) is 5.92 Å². The van der Waals surface area contributed by atoms with Gasteiger partial charge >= 0.3 is 0 Å². The molecule has 2 unspecified atom stereocenters. The fourth-order valence-electron chi connectivity index (χ4n) is 2.68. The minimum absolute atomic E-state index is 0.0509. The van der Waals surface area contributed by atoms with Gasteiger partial charge in [-0.25, -0.2) is 12.7 Å². The first-order valence-electron chi connectivity index (χ1n) is 7.36. The van der Waals surface area contributed by atoms with Gasteiger partial charge in [-0.05, 0) is 30.9 Å². The van der Waals surface area contributed by atoms with Crippen molar-refractivity contribution >= 4 is 15.9 Å². The fraction of sp³-hybridized carbons (Fsp3) is 0.533. The Morgan fingerprint density at radius 1 is 1.32 bits per heavy atom. The zero-order valence-electron chi connectivity index (χ0n) is 13.0. The van der Waals surface area contributed by atoms with Crippen molar-refractivity contribution in [3.8, 4) is 0 Å². The number of nitrogens with two attached hydrogens (primary N) is 1. The summed E-state index contributed by atoms with van der Waals surface area (Å²) in [4.78, 5) is 12.4. The topological polar surface area (TPSA) is 92.5 Å². The maximum absolute atomic E-state index is 12.3. The molecule has 122 valence electrons. The smallest absolute Gasteiger partial charge is 0.242 e. The molecule has 6 nitrogen and oxygen atoms in total. The first-order valence-corrected chi connectivity index (χ1v) is 8.80. The van der Waals surface area contributed by atoms with Gasteiger partial charge in [0, 0.05) is 32.6 Å². The molecule has 0 aliphatic heterocycles. The summed E-state index contributed by atoms with van der Waals surface area (Å²) in [6, 6.07) is 6.82. The summed E-state index contributed by atoms with van der Waals surface area (Å²) in [6.45, 7) is 0.202. The van der Waals surface area contributed by atoms with E-state index in [-0.39, 0.29) is 29.3 Å². The fourth-order valence-corrected chi connectivity index (χ4v) is 3.79. The van der Waals surface area contributed by atoms with E-state index in [4.69, 9.17) is 5.73 Å². The molecule has 1 saturated carbocycles. The van der Waals surface area contributed by atoms with Crippen molar-refractivity contribution in [2.45, 2.75) is 36.7 Å². The van der Waals surface area contributed by atoms with E-state index in [0.29, 0.717) is 12.0 Å². The minimum atomic E-state index is -3.52. The Labute approximate surface area is 131 Å².